The minimum atomic E-state index is -0.244. The zero-order valence-electron chi connectivity index (χ0n) is 15.6. The summed E-state index contributed by atoms with van der Waals surface area (Å²) in [6, 6.07) is 2.09. The van der Waals surface area contributed by atoms with Gasteiger partial charge in [-0.05, 0) is 39.2 Å². The molecule has 7 heteroatoms. The van der Waals surface area contributed by atoms with Gasteiger partial charge in [0.2, 0.25) is 5.91 Å². The molecule has 2 saturated heterocycles. The van der Waals surface area contributed by atoms with Crippen LogP contribution in [0.15, 0.2) is 18.5 Å². The number of piperidine rings is 1. The van der Waals surface area contributed by atoms with Crippen molar-refractivity contribution in [1.29, 1.82) is 0 Å². The van der Waals surface area contributed by atoms with Gasteiger partial charge in [0, 0.05) is 44.3 Å². The summed E-state index contributed by atoms with van der Waals surface area (Å²) >= 11 is 0. The van der Waals surface area contributed by atoms with Crippen LogP contribution in [0.3, 0.4) is 0 Å². The summed E-state index contributed by atoms with van der Waals surface area (Å²) in [6.45, 7) is 6.19. The third-order valence-electron chi connectivity index (χ3n) is 5.90. The Labute approximate surface area is 153 Å². The largest absolute Gasteiger partial charge is 0.345 e. The predicted molar refractivity (Wildman–Crippen MR) is 97.7 cm³/mol. The minimum Gasteiger partial charge on any atom is -0.345 e. The van der Waals surface area contributed by atoms with Crippen LogP contribution in [0.1, 0.15) is 49.5 Å². The quantitative estimate of drug-likeness (QED) is 0.827. The summed E-state index contributed by atoms with van der Waals surface area (Å²) in [4.78, 5) is 33.5. The first-order valence-electron chi connectivity index (χ1n) is 9.29. The first kappa shape index (κ1) is 17.0. The smallest absolute Gasteiger partial charge is 0.255 e. The summed E-state index contributed by atoms with van der Waals surface area (Å²) in [5.41, 5.74) is 1.15. The highest BCUT2D eigenvalue weighted by atomic mass is 16.2. The van der Waals surface area contributed by atoms with Crippen LogP contribution in [-0.2, 0) is 4.79 Å². The maximum absolute atomic E-state index is 12.9. The SMILES string of the molecule is CC(C)n1ncc2cc(C(=O)N3CCC4(CCN(C)C4=O)CC3)cnc21. The van der Waals surface area contributed by atoms with Crippen LogP contribution in [0, 0.1) is 5.41 Å². The van der Waals surface area contributed by atoms with Gasteiger partial charge in [0.1, 0.15) is 0 Å². The number of fused-ring (bicyclic) bond motifs is 1. The molecule has 0 aromatic carbocycles. The molecule has 0 bridgehead atoms. The second-order valence-electron chi connectivity index (χ2n) is 7.87. The Bertz CT molecular complexity index is 864. The molecule has 0 atom stereocenters. The summed E-state index contributed by atoms with van der Waals surface area (Å²) in [7, 11) is 1.87. The Morgan fingerprint density at radius 1 is 1.15 bits per heavy atom. The molecule has 2 amide bonds. The van der Waals surface area contributed by atoms with Crippen molar-refractivity contribution < 1.29 is 9.59 Å². The van der Waals surface area contributed by atoms with Crippen molar-refractivity contribution in [3.05, 3.63) is 24.0 Å². The molecule has 0 aliphatic carbocycles. The van der Waals surface area contributed by atoms with Gasteiger partial charge in [0.05, 0.1) is 17.2 Å². The van der Waals surface area contributed by atoms with Crippen molar-refractivity contribution >= 4 is 22.8 Å². The number of carbonyl (C=O) groups is 2. The normalized spacial score (nSPS) is 19.9. The Hall–Kier alpha value is -2.44. The molecular weight excluding hydrogens is 330 g/mol. The van der Waals surface area contributed by atoms with Crippen LogP contribution in [0.4, 0.5) is 0 Å². The van der Waals surface area contributed by atoms with Crippen LogP contribution >= 0.6 is 0 Å². The maximum Gasteiger partial charge on any atom is 0.255 e. The van der Waals surface area contributed by atoms with Gasteiger partial charge in [-0.2, -0.15) is 5.10 Å². The van der Waals surface area contributed by atoms with Crippen LogP contribution in [0.2, 0.25) is 0 Å². The van der Waals surface area contributed by atoms with E-state index in [4.69, 9.17) is 0 Å². The molecule has 26 heavy (non-hydrogen) atoms. The number of pyridine rings is 1. The van der Waals surface area contributed by atoms with Gasteiger partial charge in [-0.3, -0.25) is 9.59 Å². The van der Waals surface area contributed by atoms with E-state index < -0.39 is 0 Å². The molecule has 2 aromatic heterocycles. The predicted octanol–water partition coefficient (Wildman–Crippen LogP) is 2.10. The summed E-state index contributed by atoms with van der Waals surface area (Å²) < 4.78 is 1.86. The molecule has 0 N–H and O–H groups in total. The highest BCUT2D eigenvalue weighted by Crippen LogP contribution is 2.41. The number of rotatable bonds is 2. The van der Waals surface area contributed by atoms with Crippen LogP contribution in [-0.4, -0.2) is 63.1 Å². The third-order valence-corrected chi connectivity index (χ3v) is 5.90. The van der Waals surface area contributed by atoms with Crippen molar-refractivity contribution in [2.75, 3.05) is 26.7 Å². The molecule has 138 valence electrons. The van der Waals surface area contributed by atoms with Crippen LogP contribution < -0.4 is 0 Å². The molecule has 7 nitrogen and oxygen atoms in total. The lowest BCUT2D eigenvalue weighted by molar-refractivity contribution is -0.137. The van der Waals surface area contributed by atoms with E-state index in [1.807, 2.05) is 27.6 Å². The fraction of sp³-hybridized carbons (Fsp3) is 0.579. The summed E-state index contributed by atoms with van der Waals surface area (Å²) in [6.07, 6.45) is 5.82. The molecular formula is C19H25N5O2. The third kappa shape index (κ3) is 2.57. The van der Waals surface area contributed by atoms with Crippen molar-refractivity contribution in [3.63, 3.8) is 0 Å². The lowest BCUT2D eigenvalue weighted by Crippen LogP contribution is -2.46. The fourth-order valence-corrected chi connectivity index (χ4v) is 4.21. The zero-order valence-corrected chi connectivity index (χ0v) is 15.6. The zero-order chi connectivity index (χ0) is 18.5. The molecule has 2 aliphatic heterocycles. The van der Waals surface area contributed by atoms with E-state index >= 15 is 0 Å². The maximum atomic E-state index is 12.9. The monoisotopic (exact) mass is 355 g/mol. The molecule has 0 unspecified atom stereocenters. The Morgan fingerprint density at radius 2 is 1.85 bits per heavy atom. The lowest BCUT2D eigenvalue weighted by atomic mass is 9.77. The molecule has 0 saturated carbocycles. The van der Waals surface area contributed by atoms with Crippen molar-refractivity contribution in [3.8, 4) is 0 Å². The van der Waals surface area contributed by atoms with Crippen molar-refractivity contribution in [2.45, 2.75) is 39.2 Å². The van der Waals surface area contributed by atoms with E-state index in [1.165, 1.54) is 0 Å². The van der Waals surface area contributed by atoms with E-state index in [2.05, 4.69) is 23.9 Å². The first-order chi connectivity index (χ1) is 12.4. The Morgan fingerprint density at radius 3 is 2.46 bits per heavy atom. The molecule has 2 fully saturated rings. The van der Waals surface area contributed by atoms with Gasteiger partial charge in [-0.15, -0.1) is 0 Å². The molecule has 2 aromatic rings. The van der Waals surface area contributed by atoms with E-state index in [9.17, 15) is 9.59 Å². The number of carbonyl (C=O) groups excluding carboxylic acids is 2. The molecule has 1 spiro atoms. The topological polar surface area (TPSA) is 71.3 Å². The number of nitrogens with zero attached hydrogens (tertiary/aromatic N) is 5. The fourth-order valence-electron chi connectivity index (χ4n) is 4.21. The molecule has 4 rings (SSSR count). The Balaban J connectivity index is 1.50. The average Bonchev–Trinajstić information content (AvgIpc) is 3.19. The second-order valence-corrected chi connectivity index (χ2v) is 7.87. The summed E-state index contributed by atoms with van der Waals surface area (Å²) in [5, 5.41) is 5.24. The Kier molecular flexibility index (Phi) is 3.97. The average molecular weight is 355 g/mol. The van der Waals surface area contributed by atoms with Gasteiger partial charge >= 0.3 is 0 Å². The van der Waals surface area contributed by atoms with E-state index in [0.717, 1.165) is 36.8 Å². The number of hydrogen-bond donors (Lipinski definition) is 0. The molecule has 4 heterocycles. The number of hydrogen-bond acceptors (Lipinski definition) is 4. The second kappa shape index (κ2) is 6.07. The van der Waals surface area contributed by atoms with Gasteiger partial charge in [0.25, 0.3) is 5.91 Å². The summed E-state index contributed by atoms with van der Waals surface area (Å²) in [5.74, 6) is 0.235. The van der Waals surface area contributed by atoms with Gasteiger partial charge in [-0.25, -0.2) is 9.67 Å². The minimum absolute atomic E-state index is 0.00894. The van der Waals surface area contributed by atoms with E-state index in [0.29, 0.717) is 18.7 Å². The number of likely N-dealkylation sites (tertiary alicyclic amines) is 2. The van der Waals surface area contributed by atoms with Crippen molar-refractivity contribution in [2.24, 2.45) is 5.41 Å². The van der Waals surface area contributed by atoms with E-state index in [-0.39, 0.29) is 23.3 Å². The van der Waals surface area contributed by atoms with Gasteiger partial charge in [-0.1, -0.05) is 0 Å². The number of amides is 2. The number of aromatic nitrogens is 3. The standard InChI is InChI=1S/C19H25N5O2/c1-13(2)24-16-14(12-21-24)10-15(11-20-16)17(25)23-8-5-19(6-9-23)4-7-22(3)18(19)26/h10-13H,4-9H2,1-3H3. The van der Waals surface area contributed by atoms with Crippen LogP contribution in [0.25, 0.3) is 11.0 Å². The highest BCUT2D eigenvalue weighted by molar-refractivity contribution is 5.97. The molecule has 2 aliphatic rings. The lowest BCUT2D eigenvalue weighted by Gasteiger charge is -2.37. The molecule has 0 radical (unpaired) electrons. The van der Waals surface area contributed by atoms with E-state index in [1.54, 1.807) is 12.4 Å². The first-order valence-corrected chi connectivity index (χ1v) is 9.29. The highest BCUT2D eigenvalue weighted by Gasteiger charge is 2.47. The van der Waals surface area contributed by atoms with Gasteiger partial charge in [0.15, 0.2) is 5.65 Å². The van der Waals surface area contributed by atoms with Crippen LogP contribution in [0.5, 0.6) is 0 Å². The van der Waals surface area contributed by atoms with Crippen molar-refractivity contribution in [1.82, 2.24) is 24.6 Å². The van der Waals surface area contributed by atoms with Gasteiger partial charge < -0.3 is 9.80 Å².